The van der Waals surface area contributed by atoms with E-state index in [-0.39, 0.29) is 30.7 Å². The molecular weight excluding hydrogens is 326 g/mol. The van der Waals surface area contributed by atoms with Crippen molar-refractivity contribution in [1.82, 2.24) is 10.0 Å². The summed E-state index contributed by atoms with van der Waals surface area (Å²) >= 11 is 0. The van der Waals surface area contributed by atoms with E-state index in [9.17, 15) is 13.2 Å². The highest BCUT2D eigenvalue weighted by atomic mass is 32.2. The molecule has 24 heavy (non-hydrogen) atoms. The molecule has 0 saturated heterocycles. The van der Waals surface area contributed by atoms with Crippen LogP contribution >= 0.6 is 0 Å². The Morgan fingerprint density at radius 1 is 1.29 bits per heavy atom. The standard InChI is InChI=1S/C17H27N3O3S/c1-17(18)10-6-5-9-15(17)16(21)19-11-12-24(22,23)20-13-14-7-3-2-4-8-14/h2-4,7-8,15,20H,5-6,9-13,18H2,1H3,(H,19,21). The van der Waals surface area contributed by atoms with Gasteiger partial charge in [-0.05, 0) is 25.3 Å². The van der Waals surface area contributed by atoms with Gasteiger partial charge in [-0.1, -0.05) is 43.2 Å². The van der Waals surface area contributed by atoms with Crippen molar-refractivity contribution < 1.29 is 13.2 Å². The number of benzene rings is 1. The molecule has 7 heteroatoms. The highest BCUT2D eigenvalue weighted by Gasteiger charge is 2.37. The van der Waals surface area contributed by atoms with Crippen molar-refractivity contribution in [3.8, 4) is 0 Å². The van der Waals surface area contributed by atoms with E-state index in [1.54, 1.807) is 0 Å². The Kier molecular flexibility index (Phi) is 6.37. The molecule has 6 nitrogen and oxygen atoms in total. The van der Waals surface area contributed by atoms with Crippen molar-refractivity contribution >= 4 is 15.9 Å². The lowest BCUT2D eigenvalue weighted by molar-refractivity contribution is -0.127. The smallest absolute Gasteiger partial charge is 0.224 e. The van der Waals surface area contributed by atoms with E-state index >= 15 is 0 Å². The van der Waals surface area contributed by atoms with Gasteiger partial charge in [-0.15, -0.1) is 0 Å². The van der Waals surface area contributed by atoms with Crippen molar-refractivity contribution in [2.24, 2.45) is 11.7 Å². The molecule has 2 rings (SSSR count). The first-order chi connectivity index (χ1) is 11.3. The number of carbonyl (C=O) groups is 1. The van der Waals surface area contributed by atoms with Gasteiger partial charge in [0.25, 0.3) is 0 Å². The second kappa shape index (κ2) is 8.09. The van der Waals surface area contributed by atoms with Crippen LogP contribution < -0.4 is 15.8 Å². The Hall–Kier alpha value is -1.44. The molecule has 1 aliphatic rings. The zero-order valence-electron chi connectivity index (χ0n) is 14.1. The normalized spacial score (nSPS) is 24.5. The minimum absolute atomic E-state index is 0.0928. The number of hydrogen-bond donors (Lipinski definition) is 3. The number of hydrogen-bond acceptors (Lipinski definition) is 4. The fraction of sp³-hybridized carbons (Fsp3) is 0.588. The van der Waals surface area contributed by atoms with Gasteiger partial charge in [0, 0.05) is 18.6 Å². The predicted molar refractivity (Wildman–Crippen MR) is 94.6 cm³/mol. The molecule has 1 aromatic carbocycles. The van der Waals surface area contributed by atoms with Crippen LogP contribution in [0.15, 0.2) is 30.3 Å². The van der Waals surface area contributed by atoms with E-state index in [1.807, 2.05) is 37.3 Å². The van der Waals surface area contributed by atoms with E-state index in [4.69, 9.17) is 5.73 Å². The Labute approximate surface area is 144 Å². The van der Waals surface area contributed by atoms with Crippen LogP contribution in [0.5, 0.6) is 0 Å². The van der Waals surface area contributed by atoms with Crippen LogP contribution in [0.1, 0.15) is 38.2 Å². The summed E-state index contributed by atoms with van der Waals surface area (Å²) in [6, 6.07) is 9.31. The number of carbonyl (C=O) groups excluding carboxylic acids is 1. The van der Waals surface area contributed by atoms with Crippen LogP contribution in [-0.2, 0) is 21.4 Å². The van der Waals surface area contributed by atoms with Crippen molar-refractivity contribution in [2.45, 2.75) is 44.7 Å². The molecule has 1 amide bonds. The number of nitrogens with two attached hydrogens (primary N) is 1. The third-order valence-corrected chi connectivity index (χ3v) is 5.91. The van der Waals surface area contributed by atoms with E-state index in [0.717, 1.165) is 31.2 Å². The zero-order valence-corrected chi connectivity index (χ0v) is 14.9. The van der Waals surface area contributed by atoms with Crippen LogP contribution in [0.2, 0.25) is 0 Å². The Bertz CT molecular complexity index is 644. The van der Waals surface area contributed by atoms with Crippen molar-refractivity contribution in [3.63, 3.8) is 0 Å². The van der Waals surface area contributed by atoms with E-state index < -0.39 is 15.6 Å². The summed E-state index contributed by atoms with van der Waals surface area (Å²) in [7, 11) is -3.43. The monoisotopic (exact) mass is 353 g/mol. The second-order valence-corrected chi connectivity index (χ2v) is 8.65. The number of rotatable bonds is 7. The molecule has 1 aliphatic carbocycles. The Morgan fingerprint density at radius 2 is 2.00 bits per heavy atom. The first-order valence-electron chi connectivity index (χ1n) is 8.38. The third kappa shape index (κ3) is 5.58. The lowest BCUT2D eigenvalue weighted by atomic mass is 9.74. The van der Waals surface area contributed by atoms with Crippen LogP contribution in [0, 0.1) is 5.92 Å². The fourth-order valence-corrected chi connectivity index (χ4v) is 3.98. The minimum atomic E-state index is -3.43. The minimum Gasteiger partial charge on any atom is -0.355 e. The van der Waals surface area contributed by atoms with Gasteiger partial charge in [-0.2, -0.15) is 0 Å². The SMILES string of the molecule is CC1(N)CCCCC1C(=O)NCCS(=O)(=O)NCc1ccccc1. The highest BCUT2D eigenvalue weighted by molar-refractivity contribution is 7.89. The summed E-state index contributed by atoms with van der Waals surface area (Å²) in [4.78, 5) is 12.3. The van der Waals surface area contributed by atoms with Gasteiger partial charge in [0.2, 0.25) is 15.9 Å². The Balaban J connectivity index is 1.77. The van der Waals surface area contributed by atoms with Gasteiger partial charge in [-0.3, -0.25) is 4.79 Å². The molecule has 2 unspecified atom stereocenters. The third-order valence-electron chi connectivity index (χ3n) is 4.58. The molecule has 0 bridgehead atoms. The van der Waals surface area contributed by atoms with E-state index in [2.05, 4.69) is 10.0 Å². The summed E-state index contributed by atoms with van der Waals surface area (Å²) < 4.78 is 26.5. The lowest BCUT2D eigenvalue weighted by Crippen LogP contribution is -2.53. The van der Waals surface area contributed by atoms with Gasteiger partial charge in [-0.25, -0.2) is 13.1 Å². The number of sulfonamides is 1. The first kappa shape index (κ1) is 18.9. The summed E-state index contributed by atoms with van der Waals surface area (Å²) in [5.41, 5.74) is 6.59. The van der Waals surface area contributed by atoms with Crippen molar-refractivity contribution in [2.75, 3.05) is 12.3 Å². The molecule has 134 valence electrons. The average Bonchev–Trinajstić information content (AvgIpc) is 2.53. The first-order valence-corrected chi connectivity index (χ1v) is 10.0. The summed E-state index contributed by atoms with van der Waals surface area (Å²) in [5.74, 6) is -0.524. The molecular formula is C17H27N3O3S. The molecule has 4 N–H and O–H groups in total. The summed E-state index contributed by atoms with van der Waals surface area (Å²) in [6.07, 6.45) is 3.61. The fourth-order valence-electron chi connectivity index (χ4n) is 3.08. The number of amides is 1. The van der Waals surface area contributed by atoms with Crippen LogP contribution in [0.25, 0.3) is 0 Å². The molecule has 2 atom stereocenters. The summed E-state index contributed by atoms with van der Waals surface area (Å²) in [5, 5.41) is 2.72. The molecule has 1 saturated carbocycles. The molecule has 0 aromatic heterocycles. The van der Waals surface area contributed by atoms with Gasteiger partial charge in [0.1, 0.15) is 0 Å². The molecule has 0 heterocycles. The van der Waals surface area contributed by atoms with E-state index in [0.29, 0.717) is 0 Å². The molecule has 1 aromatic rings. The molecule has 0 radical (unpaired) electrons. The largest absolute Gasteiger partial charge is 0.355 e. The maximum atomic E-state index is 12.3. The van der Waals surface area contributed by atoms with Crippen LogP contribution in [-0.4, -0.2) is 32.2 Å². The van der Waals surface area contributed by atoms with Crippen molar-refractivity contribution in [3.05, 3.63) is 35.9 Å². The molecule has 0 spiro atoms. The highest BCUT2D eigenvalue weighted by Crippen LogP contribution is 2.31. The van der Waals surface area contributed by atoms with Gasteiger partial charge < -0.3 is 11.1 Å². The topological polar surface area (TPSA) is 101 Å². The summed E-state index contributed by atoms with van der Waals surface area (Å²) in [6.45, 7) is 2.24. The van der Waals surface area contributed by atoms with Gasteiger partial charge >= 0.3 is 0 Å². The van der Waals surface area contributed by atoms with Gasteiger partial charge in [0.05, 0.1) is 11.7 Å². The maximum Gasteiger partial charge on any atom is 0.224 e. The van der Waals surface area contributed by atoms with Crippen molar-refractivity contribution in [1.29, 1.82) is 0 Å². The van der Waals surface area contributed by atoms with E-state index in [1.165, 1.54) is 0 Å². The molecule has 0 aliphatic heterocycles. The predicted octanol–water partition coefficient (Wildman–Crippen LogP) is 1.13. The number of nitrogens with one attached hydrogen (secondary N) is 2. The van der Waals surface area contributed by atoms with Gasteiger partial charge in [0.15, 0.2) is 0 Å². The maximum absolute atomic E-state index is 12.3. The lowest BCUT2D eigenvalue weighted by Gasteiger charge is -2.37. The molecule has 1 fully saturated rings. The van der Waals surface area contributed by atoms with Crippen LogP contribution in [0.3, 0.4) is 0 Å². The Morgan fingerprint density at radius 3 is 2.67 bits per heavy atom. The van der Waals surface area contributed by atoms with Crippen LogP contribution in [0.4, 0.5) is 0 Å². The second-order valence-electron chi connectivity index (χ2n) is 6.72. The quantitative estimate of drug-likeness (QED) is 0.684. The average molecular weight is 353 g/mol. The zero-order chi connectivity index (χ0) is 17.6.